The van der Waals surface area contributed by atoms with Gasteiger partial charge in [-0.25, -0.2) is 0 Å². The molecule has 156 valence electrons. The van der Waals surface area contributed by atoms with Gasteiger partial charge in [0.05, 0.1) is 6.61 Å². The van der Waals surface area contributed by atoms with Crippen molar-refractivity contribution in [2.45, 2.75) is 39.8 Å². The van der Waals surface area contributed by atoms with Crippen molar-refractivity contribution in [3.05, 3.63) is 53.9 Å². The minimum Gasteiger partial charge on any atom is -0.490 e. The van der Waals surface area contributed by atoms with Crippen molar-refractivity contribution < 1.29 is 14.3 Å². The van der Waals surface area contributed by atoms with Gasteiger partial charge in [0.25, 0.3) is 5.91 Å². The Hall–Kier alpha value is -2.60. The molecule has 1 aromatic carbocycles. The van der Waals surface area contributed by atoms with Crippen LogP contribution in [0, 0.1) is 5.92 Å². The number of hydrogen-bond donors (Lipinski definition) is 1. The van der Waals surface area contributed by atoms with E-state index in [9.17, 15) is 4.79 Å². The smallest absolute Gasteiger partial charge is 0.251 e. The summed E-state index contributed by atoms with van der Waals surface area (Å²) < 4.78 is 11.6. The van der Waals surface area contributed by atoms with Crippen molar-refractivity contribution in [2.75, 3.05) is 26.2 Å². The Balaban J connectivity index is 1.59. The number of benzene rings is 1. The number of likely N-dealkylation sites (tertiary alicyclic amines) is 1. The molecule has 2 heterocycles. The van der Waals surface area contributed by atoms with E-state index in [0.29, 0.717) is 48.8 Å². The second-order valence-electron chi connectivity index (χ2n) is 7.70. The van der Waals surface area contributed by atoms with E-state index in [1.54, 1.807) is 30.6 Å². The summed E-state index contributed by atoms with van der Waals surface area (Å²) in [6.07, 6.45) is 4.63. The Morgan fingerprint density at radius 3 is 2.83 bits per heavy atom. The molecular formula is C23H31N3O3. The van der Waals surface area contributed by atoms with E-state index in [2.05, 4.69) is 29.0 Å². The molecule has 1 N–H and O–H groups in total. The van der Waals surface area contributed by atoms with Gasteiger partial charge in [-0.3, -0.25) is 9.78 Å². The van der Waals surface area contributed by atoms with Gasteiger partial charge in [0.15, 0.2) is 11.5 Å². The molecule has 0 spiro atoms. The molecule has 1 amide bonds. The van der Waals surface area contributed by atoms with Gasteiger partial charge in [0.2, 0.25) is 0 Å². The van der Waals surface area contributed by atoms with Crippen LogP contribution in [0.25, 0.3) is 0 Å². The number of carbonyl (C=O) groups excluding carboxylic acids is 1. The molecule has 2 aromatic rings. The van der Waals surface area contributed by atoms with Gasteiger partial charge in [-0.15, -0.1) is 0 Å². The highest BCUT2D eigenvalue weighted by atomic mass is 16.5. The summed E-state index contributed by atoms with van der Waals surface area (Å²) in [5.41, 5.74) is 1.56. The molecule has 0 saturated carbocycles. The Bertz CT molecular complexity index is 795. The highest BCUT2D eigenvalue weighted by Gasteiger charge is 2.24. The SMILES string of the molecule is CCOc1cc(C(=O)NCC2CCN(C(C)C)C2)ccc1OCc1cccnc1. The molecule has 0 radical (unpaired) electrons. The molecule has 1 atom stereocenters. The maximum absolute atomic E-state index is 12.6. The van der Waals surface area contributed by atoms with Crippen LogP contribution in [0.2, 0.25) is 0 Å². The summed E-state index contributed by atoms with van der Waals surface area (Å²) in [5, 5.41) is 3.08. The molecule has 1 fully saturated rings. The van der Waals surface area contributed by atoms with Crippen LogP contribution in [-0.4, -0.2) is 48.1 Å². The summed E-state index contributed by atoms with van der Waals surface area (Å²) in [4.78, 5) is 19.2. The number of aromatic nitrogens is 1. The lowest BCUT2D eigenvalue weighted by Crippen LogP contribution is -2.33. The van der Waals surface area contributed by atoms with E-state index in [1.807, 2.05) is 19.1 Å². The van der Waals surface area contributed by atoms with Crippen molar-refractivity contribution in [3.63, 3.8) is 0 Å². The van der Waals surface area contributed by atoms with Crippen LogP contribution in [0.3, 0.4) is 0 Å². The molecule has 1 unspecified atom stereocenters. The lowest BCUT2D eigenvalue weighted by Gasteiger charge is -2.20. The topological polar surface area (TPSA) is 63.7 Å². The number of nitrogens with zero attached hydrogens (tertiary/aromatic N) is 2. The summed E-state index contributed by atoms with van der Waals surface area (Å²) in [6.45, 7) is 10.1. The van der Waals surface area contributed by atoms with Crippen LogP contribution in [0.5, 0.6) is 11.5 Å². The molecule has 0 aliphatic carbocycles. The zero-order valence-electron chi connectivity index (χ0n) is 17.6. The second kappa shape index (κ2) is 10.3. The van der Waals surface area contributed by atoms with Crippen molar-refractivity contribution in [1.82, 2.24) is 15.2 Å². The highest BCUT2D eigenvalue weighted by Crippen LogP contribution is 2.29. The third-order valence-electron chi connectivity index (χ3n) is 5.22. The standard InChI is InChI=1S/C23H31N3O3/c1-4-28-22-12-20(7-8-21(22)29-16-19-6-5-10-24-13-19)23(27)25-14-18-9-11-26(15-18)17(2)3/h5-8,10,12-13,17-18H,4,9,11,14-16H2,1-3H3,(H,25,27). The third kappa shape index (κ3) is 5.94. The van der Waals surface area contributed by atoms with E-state index in [0.717, 1.165) is 25.1 Å². The number of pyridine rings is 1. The normalized spacial score (nSPS) is 16.8. The summed E-state index contributed by atoms with van der Waals surface area (Å²) >= 11 is 0. The van der Waals surface area contributed by atoms with Crippen molar-refractivity contribution in [3.8, 4) is 11.5 Å². The van der Waals surface area contributed by atoms with Crippen LogP contribution in [0.4, 0.5) is 0 Å². The number of carbonyl (C=O) groups is 1. The first kappa shape index (κ1) is 21.1. The average Bonchev–Trinajstić information content (AvgIpc) is 3.21. The molecule has 1 aliphatic heterocycles. The number of hydrogen-bond acceptors (Lipinski definition) is 5. The van der Waals surface area contributed by atoms with Gasteiger partial charge >= 0.3 is 0 Å². The first-order chi connectivity index (χ1) is 14.1. The first-order valence-corrected chi connectivity index (χ1v) is 10.4. The molecule has 6 heteroatoms. The molecular weight excluding hydrogens is 366 g/mol. The second-order valence-corrected chi connectivity index (χ2v) is 7.70. The summed E-state index contributed by atoms with van der Waals surface area (Å²) in [6, 6.07) is 9.73. The lowest BCUT2D eigenvalue weighted by molar-refractivity contribution is 0.0946. The Kier molecular flexibility index (Phi) is 7.47. The van der Waals surface area contributed by atoms with E-state index >= 15 is 0 Å². The minimum atomic E-state index is -0.0761. The molecule has 1 aromatic heterocycles. The van der Waals surface area contributed by atoms with E-state index < -0.39 is 0 Å². The van der Waals surface area contributed by atoms with Crippen molar-refractivity contribution in [1.29, 1.82) is 0 Å². The number of rotatable bonds is 9. The van der Waals surface area contributed by atoms with Crippen LogP contribution < -0.4 is 14.8 Å². The van der Waals surface area contributed by atoms with Gasteiger partial charge in [0, 0.05) is 42.7 Å². The fourth-order valence-electron chi connectivity index (χ4n) is 3.52. The molecule has 1 saturated heterocycles. The van der Waals surface area contributed by atoms with Gasteiger partial charge in [-0.05, 0) is 63.9 Å². The van der Waals surface area contributed by atoms with Gasteiger partial charge < -0.3 is 19.7 Å². The van der Waals surface area contributed by atoms with Gasteiger partial charge in [0.1, 0.15) is 6.61 Å². The summed E-state index contributed by atoms with van der Waals surface area (Å²) in [7, 11) is 0. The third-order valence-corrected chi connectivity index (χ3v) is 5.22. The molecule has 3 rings (SSSR count). The Labute approximate surface area is 173 Å². The maximum atomic E-state index is 12.6. The lowest BCUT2D eigenvalue weighted by atomic mass is 10.1. The zero-order valence-corrected chi connectivity index (χ0v) is 17.6. The monoisotopic (exact) mass is 397 g/mol. The molecule has 6 nitrogen and oxygen atoms in total. The maximum Gasteiger partial charge on any atom is 0.251 e. The molecule has 0 bridgehead atoms. The Morgan fingerprint density at radius 2 is 2.14 bits per heavy atom. The zero-order chi connectivity index (χ0) is 20.6. The summed E-state index contributed by atoms with van der Waals surface area (Å²) in [5.74, 6) is 1.63. The number of ether oxygens (including phenoxy) is 2. The van der Waals surface area contributed by atoms with Crippen LogP contribution in [0.15, 0.2) is 42.7 Å². The van der Waals surface area contributed by atoms with E-state index in [-0.39, 0.29) is 5.91 Å². The van der Waals surface area contributed by atoms with Crippen LogP contribution >= 0.6 is 0 Å². The number of nitrogens with one attached hydrogen (secondary N) is 1. The van der Waals surface area contributed by atoms with E-state index in [4.69, 9.17) is 9.47 Å². The van der Waals surface area contributed by atoms with E-state index in [1.165, 1.54) is 0 Å². The molecule has 1 aliphatic rings. The van der Waals surface area contributed by atoms with Crippen molar-refractivity contribution in [2.24, 2.45) is 5.92 Å². The fraction of sp³-hybridized carbons (Fsp3) is 0.478. The van der Waals surface area contributed by atoms with Crippen LogP contribution in [-0.2, 0) is 6.61 Å². The Morgan fingerprint density at radius 1 is 1.28 bits per heavy atom. The van der Waals surface area contributed by atoms with Gasteiger partial charge in [-0.1, -0.05) is 6.07 Å². The number of amides is 1. The first-order valence-electron chi connectivity index (χ1n) is 10.4. The quantitative estimate of drug-likeness (QED) is 0.701. The fourth-order valence-corrected chi connectivity index (χ4v) is 3.52. The minimum absolute atomic E-state index is 0.0761. The largest absolute Gasteiger partial charge is 0.490 e. The average molecular weight is 398 g/mol. The molecule has 29 heavy (non-hydrogen) atoms. The highest BCUT2D eigenvalue weighted by molar-refractivity contribution is 5.94. The van der Waals surface area contributed by atoms with Gasteiger partial charge in [-0.2, -0.15) is 0 Å². The predicted molar refractivity (Wildman–Crippen MR) is 113 cm³/mol. The van der Waals surface area contributed by atoms with Crippen molar-refractivity contribution >= 4 is 5.91 Å². The van der Waals surface area contributed by atoms with Crippen LogP contribution in [0.1, 0.15) is 43.1 Å². The predicted octanol–water partition coefficient (Wildman–Crippen LogP) is 3.52.